The van der Waals surface area contributed by atoms with Gasteiger partial charge < -0.3 is 5.32 Å². The maximum absolute atomic E-state index is 12.3. The number of hydrogen-bond acceptors (Lipinski definition) is 3. The zero-order valence-corrected chi connectivity index (χ0v) is 10.6. The Balaban J connectivity index is 1.96. The molecule has 0 aliphatic rings. The predicted molar refractivity (Wildman–Crippen MR) is 76.2 cm³/mol. The first kappa shape index (κ1) is 12.1. The van der Waals surface area contributed by atoms with Gasteiger partial charge in [-0.1, -0.05) is 24.3 Å². The number of pyridine rings is 1. The van der Waals surface area contributed by atoms with Crippen LogP contribution in [0.1, 0.15) is 10.4 Å². The van der Waals surface area contributed by atoms with Crippen molar-refractivity contribution in [3.63, 3.8) is 0 Å². The zero-order chi connectivity index (χ0) is 13.8. The Morgan fingerprint density at radius 2 is 1.95 bits per heavy atom. The van der Waals surface area contributed by atoms with Gasteiger partial charge in [-0.05, 0) is 18.2 Å². The molecule has 3 aromatic rings. The molecule has 20 heavy (non-hydrogen) atoms. The molecule has 5 heteroatoms. The van der Waals surface area contributed by atoms with Gasteiger partial charge in [-0.2, -0.15) is 5.10 Å². The fourth-order valence-electron chi connectivity index (χ4n) is 1.94. The molecule has 0 unspecified atom stereocenters. The number of nitrogens with one attached hydrogen (secondary N) is 2. The van der Waals surface area contributed by atoms with Crippen molar-refractivity contribution in [1.82, 2.24) is 15.2 Å². The minimum Gasteiger partial charge on any atom is -0.319 e. The lowest BCUT2D eigenvalue weighted by atomic mass is 10.0. The summed E-state index contributed by atoms with van der Waals surface area (Å²) < 4.78 is 0. The van der Waals surface area contributed by atoms with Gasteiger partial charge in [-0.3, -0.25) is 14.9 Å². The molecule has 2 aromatic heterocycles. The number of aromatic amines is 1. The van der Waals surface area contributed by atoms with Crippen LogP contribution in [0.25, 0.3) is 11.3 Å². The Labute approximate surface area is 115 Å². The maximum atomic E-state index is 12.3. The van der Waals surface area contributed by atoms with Crippen LogP contribution in [-0.2, 0) is 0 Å². The molecular formula is C15H12N4O. The Hall–Kier alpha value is -2.95. The first-order chi connectivity index (χ1) is 9.84. The van der Waals surface area contributed by atoms with Crippen molar-refractivity contribution in [2.45, 2.75) is 0 Å². The topological polar surface area (TPSA) is 70.7 Å². The van der Waals surface area contributed by atoms with Crippen LogP contribution < -0.4 is 5.32 Å². The first-order valence-electron chi connectivity index (χ1n) is 6.15. The molecule has 0 aliphatic heterocycles. The molecule has 0 atom stereocenters. The summed E-state index contributed by atoms with van der Waals surface area (Å²) in [5.74, 6) is -0.187. The Kier molecular flexibility index (Phi) is 3.24. The van der Waals surface area contributed by atoms with Crippen LogP contribution in [0, 0.1) is 0 Å². The standard InChI is InChI=1S/C15H12N4O/c20-15(19-11-9-17-18-10-11)13-6-2-1-5-12(13)14-7-3-4-8-16-14/h1-10H,(H,17,18)(H,19,20). The highest BCUT2D eigenvalue weighted by molar-refractivity contribution is 6.08. The second-order valence-electron chi connectivity index (χ2n) is 4.20. The second kappa shape index (κ2) is 5.36. The SMILES string of the molecule is O=C(Nc1cn[nH]c1)c1ccccc1-c1ccccn1. The van der Waals surface area contributed by atoms with Crippen LogP contribution in [0.3, 0.4) is 0 Å². The number of carbonyl (C=O) groups is 1. The van der Waals surface area contributed by atoms with Crippen LogP contribution in [0.5, 0.6) is 0 Å². The number of H-pyrrole nitrogens is 1. The minimum atomic E-state index is -0.187. The van der Waals surface area contributed by atoms with Crippen molar-refractivity contribution in [2.24, 2.45) is 0 Å². The highest BCUT2D eigenvalue weighted by Crippen LogP contribution is 2.22. The lowest BCUT2D eigenvalue weighted by Crippen LogP contribution is -2.12. The van der Waals surface area contributed by atoms with E-state index in [4.69, 9.17) is 0 Å². The van der Waals surface area contributed by atoms with E-state index in [1.54, 1.807) is 24.7 Å². The van der Waals surface area contributed by atoms with Crippen LogP contribution in [0.4, 0.5) is 5.69 Å². The lowest BCUT2D eigenvalue weighted by molar-refractivity contribution is 0.102. The summed E-state index contributed by atoms with van der Waals surface area (Å²) in [4.78, 5) is 16.6. The summed E-state index contributed by atoms with van der Waals surface area (Å²) in [6.45, 7) is 0. The minimum absolute atomic E-state index is 0.187. The van der Waals surface area contributed by atoms with E-state index in [1.807, 2.05) is 36.4 Å². The predicted octanol–water partition coefficient (Wildman–Crippen LogP) is 2.72. The quantitative estimate of drug-likeness (QED) is 0.764. The highest BCUT2D eigenvalue weighted by atomic mass is 16.1. The Morgan fingerprint density at radius 1 is 1.10 bits per heavy atom. The molecule has 98 valence electrons. The van der Waals surface area contributed by atoms with Crippen molar-refractivity contribution in [3.8, 4) is 11.3 Å². The van der Waals surface area contributed by atoms with E-state index in [1.165, 1.54) is 0 Å². The average Bonchev–Trinajstić information content (AvgIpc) is 3.01. The number of hydrogen-bond donors (Lipinski definition) is 2. The second-order valence-corrected chi connectivity index (χ2v) is 4.20. The summed E-state index contributed by atoms with van der Waals surface area (Å²) >= 11 is 0. The molecule has 0 saturated heterocycles. The third kappa shape index (κ3) is 2.42. The van der Waals surface area contributed by atoms with Gasteiger partial charge >= 0.3 is 0 Å². The van der Waals surface area contributed by atoms with Gasteiger partial charge in [0.2, 0.25) is 0 Å². The molecule has 0 aliphatic carbocycles. The summed E-state index contributed by atoms with van der Waals surface area (Å²) in [5, 5.41) is 9.24. The Bertz CT molecular complexity index is 708. The number of aromatic nitrogens is 3. The van der Waals surface area contributed by atoms with Crippen LogP contribution in [-0.4, -0.2) is 21.1 Å². The monoisotopic (exact) mass is 264 g/mol. The lowest BCUT2D eigenvalue weighted by Gasteiger charge is -2.08. The number of anilines is 1. The number of nitrogens with zero attached hydrogens (tertiary/aromatic N) is 2. The first-order valence-corrected chi connectivity index (χ1v) is 6.15. The van der Waals surface area contributed by atoms with E-state index in [-0.39, 0.29) is 5.91 Å². The smallest absolute Gasteiger partial charge is 0.256 e. The van der Waals surface area contributed by atoms with Gasteiger partial charge in [0.1, 0.15) is 0 Å². The van der Waals surface area contributed by atoms with Gasteiger partial charge in [-0.25, -0.2) is 0 Å². The molecule has 1 amide bonds. The molecule has 0 fully saturated rings. The molecule has 0 spiro atoms. The molecule has 1 aromatic carbocycles. The molecular weight excluding hydrogens is 252 g/mol. The third-order valence-electron chi connectivity index (χ3n) is 2.87. The van der Waals surface area contributed by atoms with E-state index in [2.05, 4.69) is 20.5 Å². The molecule has 0 bridgehead atoms. The van der Waals surface area contributed by atoms with Crippen molar-refractivity contribution in [1.29, 1.82) is 0 Å². The number of benzene rings is 1. The number of rotatable bonds is 3. The van der Waals surface area contributed by atoms with Crippen molar-refractivity contribution in [3.05, 3.63) is 66.6 Å². The highest BCUT2D eigenvalue weighted by Gasteiger charge is 2.13. The van der Waals surface area contributed by atoms with E-state index < -0.39 is 0 Å². The van der Waals surface area contributed by atoms with Crippen LogP contribution >= 0.6 is 0 Å². The van der Waals surface area contributed by atoms with E-state index in [0.717, 1.165) is 11.3 Å². The van der Waals surface area contributed by atoms with Gasteiger partial charge in [0.15, 0.2) is 0 Å². The summed E-state index contributed by atoms with van der Waals surface area (Å²) in [5.41, 5.74) is 2.78. The van der Waals surface area contributed by atoms with Crippen LogP contribution in [0.2, 0.25) is 0 Å². The maximum Gasteiger partial charge on any atom is 0.256 e. The van der Waals surface area contributed by atoms with E-state index >= 15 is 0 Å². The zero-order valence-electron chi connectivity index (χ0n) is 10.6. The molecule has 3 rings (SSSR count). The summed E-state index contributed by atoms with van der Waals surface area (Å²) in [6.07, 6.45) is 4.89. The van der Waals surface area contributed by atoms with Crippen molar-refractivity contribution >= 4 is 11.6 Å². The van der Waals surface area contributed by atoms with Gasteiger partial charge in [-0.15, -0.1) is 0 Å². The molecule has 2 N–H and O–H groups in total. The largest absolute Gasteiger partial charge is 0.319 e. The number of amides is 1. The third-order valence-corrected chi connectivity index (χ3v) is 2.87. The van der Waals surface area contributed by atoms with Crippen molar-refractivity contribution in [2.75, 3.05) is 5.32 Å². The fourth-order valence-corrected chi connectivity index (χ4v) is 1.94. The number of carbonyl (C=O) groups excluding carboxylic acids is 1. The Morgan fingerprint density at radius 3 is 2.70 bits per heavy atom. The van der Waals surface area contributed by atoms with Gasteiger partial charge in [0.05, 0.1) is 17.6 Å². The van der Waals surface area contributed by atoms with E-state index in [9.17, 15) is 4.79 Å². The molecule has 2 heterocycles. The summed E-state index contributed by atoms with van der Waals surface area (Å²) in [7, 11) is 0. The van der Waals surface area contributed by atoms with Gasteiger partial charge in [0.25, 0.3) is 5.91 Å². The average molecular weight is 264 g/mol. The van der Waals surface area contributed by atoms with Crippen molar-refractivity contribution < 1.29 is 4.79 Å². The normalized spacial score (nSPS) is 10.2. The van der Waals surface area contributed by atoms with Crippen LogP contribution in [0.15, 0.2) is 61.1 Å². The molecule has 5 nitrogen and oxygen atoms in total. The van der Waals surface area contributed by atoms with Gasteiger partial charge in [0, 0.05) is 23.5 Å². The molecule has 0 saturated carbocycles. The fraction of sp³-hybridized carbons (Fsp3) is 0. The molecule has 0 radical (unpaired) electrons. The van der Waals surface area contributed by atoms with E-state index in [0.29, 0.717) is 11.3 Å². The summed E-state index contributed by atoms with van der Waals surface area (Å²) in [6, 6.07) is 13.0.